The van der Waals surface area contributed by atoms with Crippen LogP contribution in [0.1, 0.15) is 5.56 Å². The molecule has 5 rings (SSSR count). The zero-order chi connectivity index (χ0) is 18.5. The SMILES string of the molecule is N#Cc1c(-c2ccccc2F)nc2sc3nc4ccccc4nc3n2c1=O. The van der Waals surface area contributed by atoms with Crippen LogP contribution in [-0.4, -0.2) is 19.4 Å². The molecule has 0 fully saturated rings. The predicted molar refractivity (Wildman–Crippen MR) is 100 cm³/mol. The molecule has 5 aromatic rings. The average Bonchev–Trinajstić information content (AvgIpc) is 3.04. The summed E-state index contributed by atoms with van der Waals surface area (Å²) >= 11 is 1.17. The Kier molecular flexibility index (Phi) is 3.26. The number of hydrogen-bond acceptors (Lipinski definition) is 6. The first-order valence-corrected chi connectivity index (χ1v) is 8.76. The second kappa shape index (κ2) is 5.65. The van der Waals surface area contributed by atoms with Crippen LogP contribution in [0.25, 0.3) is 37.7 Å². The maximum atomic E-state index is 14.2. The second-order valence-corrected chi connectivity index (χ2v) is 6.75. The average molecular weight is 373 g/mol. The molecule has 3 aromatic heterocycles. The van der Waals surface area contributed by atoms with Crippen LogP contribution >= 0.6 is 11.3 Å². The van der Waals surface area contributed by atoms with E-state index in [0.29, 0.717) is 26.5 Å². The number of rotatable bonds is 1. The molecular formula is C19H8FN5OS. The van der Waals surface area contributed by atoms with E-state index in [1.165, 1.54) is 33.9 Å². The van der Waals surface area contributed by atoms with E-state index in [0.717, 1.165) is 0 Å². The van der Waals surface area contributed by atoms with Gasteiger partial charge in [-0.3, -0.25) is 4.79 Å². The smallest absolute Gasteiger partial charge is 0.267 e. The Balaban J connectivity index is 1.95. The molecule has 0 radical (unpaired) electrons. The lowest BCUT2D eigenvalue weighted by Crippen LogP contribution is -2.19. The summed E-state index contributed by atoms with van der Waals surface area (Å²) in [4.78, 5) is 27.3. The van der Waals surface area contributed by atoms with Gasteiger partial charge in [-0.2, -0.15) is 5.26 Å². The summed E-state index contributed by atoms with van der Waals surface area (Å²) in [6, 6.07) is 15.1. The maximum Gasteiger partial charge on any atom is 0.278 e. The van der Waals surface area contributed by atoms with Gasteiger partial charge in [0.05, 0.1) is 16.7 Å². The minimum atomic E-state index is -0.586. The Hall–Kier alpha value is -3.70. The lowest BCUT2D eigenvalue weighted by molar-refractivity contribution is 0.630. The lowest BCUT2D eigenvalue weighted by Gasteiger charge is -2.05. The van der Waals surface area contributed by atoms with E-state index < -0.39 is 11.4 Å². The number of thiazole rings is 1. The number of hydrogen-bond donors (Lipinski definition) is 0. The fourth-order valence-electron chi connectivity index (χ4n) is 2.98. The quantitative estimate of drug-likeness (QED) is 0.449. The van der Waals surface area contributed by atoms with Crippen molar-refractivity contribution in [2.45, 2.75) is 0 Å². The summed E-state index contributed by atoms with van der Waals surface area (Å²) in [5, 5.41) is 9.53. The van der Waals surface area contributed by atoms with Gasteiger partial charge in [0.1, 0.15) is 17.4 Å². The highest BCUT2D eigenvalue weighted by atomic mass is 32.1. The molecule has 0 bridgehead atoms. The van der Waals surface area contributed by atoms with Crippen molar-refractivity contribution >= 4 is 37.8 Å². The van der Waals surface area contributed by atoms with E-state index in [-0.39, 0.29) is 16.8 Å². The van der Waals surface area contributed by atoms with Crippen LogP contribution in [0.2, 0.25) is 0 Å². The molecule has 0 aliphatic heterocycles. The second-order valence-electron chi connectivity index (χ2n) is 5.79. The Morgan fingerprint density at radius 3 is 2.44 bits per heavy atom. The first-order chi connectivity index (χ1) is 13.2. The molecule has 8 heteroatoms. The first kappa shape index (κ1) is 15.5. The zero-order valence-electron chi connectivity index (χ0n) is 13.5. The van der Waals surface area contributed by atoms with Crippen LogP contribution in [0.3, 0.4) is 0 Å². The number of benzene rings is 2. The zero-order valence-corrected chi connectivity index (χ0v) is 14.4. The first-order valence-electron chi connectivity index (χ1n) is 7.94. The van der Waals surface area contributed by atoms with Crippen LogP contribution in [0.5, 0.6) is 0 Å². The number of aromatic nitrogens is 4. The third-order valence-electron chi connectivity index (χ3n) is 4.21. The molecule has 27 heavy (non-hydrogen) atoms. The van der Waals surface area contributed by atoms with Crippen molar-refractivity contribution in [3.8, 4) is 17.3 Å². The van der Waals surface area contributed by atoms with E-state index in [1.807, 2.05) is 24.3 Å². The molecule has 0 spiro atoms. The predicted octanol–water partition coefficient (Wildman–Crippen LogP) is 3.53. The topological polar surface area (TPSA) is 83.9 Å². The lowest BCUT2D eigenvalue weighted by atomic mass is 10.1. The summed E-state index contributed by atoms with van der Waals surface area (Å²) in [5.74, 6) is -0.548. The minimum absolute atomic E-state index is 0.0247. The van der Waals surface area contributed by atoms with Gasteiger partial charge in [-0.05, 0) is 24.3 Å². The van der Waals surface area contributed by atoms with Gasteiger partial charge >= 0.3 is 0 Å². The van der Waals surface area contributed by atoms with Gasteiger partial charge in [-0.25, -0.2) is 23.7 Å². The number of nitrogens with zero attached hydrogens (tertiary/aromatic N) is 5. The summed E-state index contributed by atoms with van der Waals surface area (Å²) in [5.41, 5.74) is 0.980. The summed E-state index contributed by atoms with van der Waals surface area (Å²) in [6.45, 7) is 0. The van der Waals surface area contributed by atoms with Crippen molar-refractivity contribution in [2.24, 2.45) is 0 Å². The highest BCUT2D eigenvalue weighted by molar-refractivity contribution is 7.23. The third kappa shape index (κ3) is 2.22. The fourth-order valence-corrected chi connectivity index (χ4v) is 3.92. The molecule has 0 atom stereocenters. The monoisotopic (exact) mass is 373 g/mol. The molecular weight excluding hydrogens is 365 g/mol. The Labute approximate surface area is 154 Å². The molecule has 0 aliphatic rings. The number of halogens is 1. The van der Waals surface area contributed by atoms with Crippen LogP contribution in [0.4, 0.5) is 4.39 Å². The third-order valence-corrected chi connectivity index (χ3v) is 5.14. The van der Waals surface area contributed by atoms with E-state index in [2.05, 4.69) is 15.0 Å². The standard InChI is InChI=1S/C19H8FN5OS/c20-12-6-2-1-5-10(12)15-11(9-21)18(26)25-16-17(27-19(25)24-15)23-14-8-4-3-7-13(14)22-16/h1-8H. The molecule has 0 amide bonds. The van der Waals surface area contributed by atoms with Crippen LogP contribution in [0, 0.1) is 17.1 Å². The molecule has 0 saturated heterocycles. The fraction of sp³-hybridized carbons (Fsp3) is 0. The van der Waals surface area contributed by atoms with Gasteiger partial charge in [0, 0.05) is 5.56 Å². The van der Waals surface area contributed by atoms with E-state index in [4.69, 9.17) is 0 Å². The van der Waals surface area contributed by atoms with E-state index in [9.17, 15) is 14.4 Å². The van der Waals surface area contributed by atoms with E-state index >= 15 is 0 Å². The Morgan fingerprint density at radius 1 is 1.00 bits per heavy atom. The highest BCUT2D eigenvalue weighted by Gasteiger charge is 2.21. The molecule has 0 aliphatic carbocycles. The Morgan fingerprint density at radius 2 is 1.70 bits per heavy atom. The number of nitriles is 1. The van der Waals surface area contributed by atoms with Crippen LogP contribution in [0.15, 0.2) is 53.3 Å². The molecule has 0 N–H and O–H groups in total. The van der Waals surface area contributed by atoms with E-state index in [1.54, 1.807) is 12.1 Å². The number of fused-ring (bicyclic) bond motifs is 4. The Bertz CT molecular complexity index is 1480. The largest absolute Gasteiger partial charge is 0.278 e. The molecule has 3 heterocycles. The minimum Gasteiger partial charge on any atom is -0.267 e. The van der Waals surface area contributed by atoms with Gasteiger partial charge < -0.3 is 0 Å². The van der Waals surface area contributed by atoms with Gasteiger partial charge in [0.2, 0.25) is 4.96 Å². The maximum absolute atomic E-state index is 14.2. The van der Waals surface area contributed by atoms with Gasteiger partial charge in [0.25, 0.3) is 5.56 Å². The molecule has 6 nitrogen and oxygen atoms in total. The molecule has 0 saturated carbocycles. The van der Waals surface area contributed by atoms with Crippen molar-refractivity contribution < 1.29 is 4.39 Å². The molecule has 128 valence electrons. The van der Waals surface area contributed by atoms with Gasteiger partial charge in [0.15, 0.2) is 10.5 Å². The highest BCUT2D eigenvalue weighted by Crippen LogP contribution is 2.28. The van der Waals surface area contributed by atoms with Crippen LogP contribution < -0.4 is 5.56 Å². The van der Waals surface area contributed by atoms with Crippen molar-refractivity contribution in [1.29, 1.82) is 5.26 Å². The normalized spacial score (nSPS) is 11.3. The number of para-hydroxylation sites is 2. The van der Waals surface area contributed by atoms with Gasteiger partial charge in [-0.1, -0.05) is 35.6 Å². The van der Waals surface area contributed by atoms with Crippen LogP contribution in [-0.2, 0) is 0 Å². The van der Waals surface area contributed by atoms with Crippen molar-refractivity contribution in [3.63, 3.8) is 0 Å². The molecule has 0 unspecified atom stereocenters. The van der Waals surface area contributed by atoms with Gasteiger partial charge in [-0.15, -0.1) is 0 Å². The van der Waals surface area contributed by atoms with Crippen molar-refractivity contribution in [2.75, 3.05) is 0 Å². The van der Waals surface area contributed by atoms with Crippen molar-refractivity contribution in [1.82, 2.24) is 19.4 Å². The molecule has 2 aromatic carbocycles. The summed E-state index contributed by atoms with van der Waals surface area (Å²) < 4.78 is 15.5. The summed E-state index contributed by atoms with van der Waals surface area (Å²) in [6.07, 6.45) is 0. The van der Waals surface area contributed by atoms with Crippen molar-refractivity contribution in [3.05, 3.63) is 70.3 Å². The summed E-state index contributed by atoms with van der Waals surface area (Å²) in [7, 11) is 0.